The van der Waals surface area contributed by atoms with Crippen molar-refractivity contribution in [3.63, 3.8) is 0 Å². The third-order valence-corrected chi connectivity index (χ3v) is 4.42. The smallest absolute Gasteiger partial charge is 0.269 e. The Morgan fingerprint density at radius 3 is 2.62 bits per heavy atom. The van der Waals surface area contributed by atoms with E-state index >= 15 is 0 Å². The third-order valence-electron chi connectivity index (χ3n) is 3.56. The van der Waals surface area contributed by atoms with Crippen LogP contribution in [0.5, 0.6) is 0 Å². The quantitative estimate of drug-likeness (QED) is 0.479. The summed E-state index contributed by atoms with van der Waals surface area (Å²) in [5.74, 6) is 0.897. The summed E-state index contributed by atoms with van der Waals surface area (Å²) in [6.45, 7) is 4.35. The molecule has 0 N–H and O–H groups in total. The van der Waals surface area contributed by atoms with Crippen LogP contribution in [-0.4, -0.2) is 26.6 Å². The lowest BCUT2D eigenvalue weighted by Crippen LogP contribution is -2.21. The van der Waals surface area contributed by atoms with Crippen LogP contribution < -0.4 is 0 Å². The molecular weight excluding hydrogens is 328 g/mol. The summed E-state index contributed by atoms with van der Waals surface area (Å²) in [5.41, 5.74) is 0.701. The van der Waals surface area contributed by atoms with Crippen LogP contribution >= 0.6 is 11.3 Å². The molecule has 24 heavy (non-hydrogen) atoms. The van der Waals surface area contributed by atoms with E-state index in [0.717, 1.165) is 13.1 Å². The Morgan fingerprint density at radius 2 is 2.00 bits per heavy atom. The normalized spacial score (nSPS) is 11.1. The Morgan fingerprint density at radius 1 is 1.21 bits per heavy atom. The zero-order chi connectivity index (χ0) is 16.9. The van der Waals surface area contributed by atoms with Gasteiger partial charge in [-0.25, -0.2) is 0 Å². The first-order chi connectivity index (χ1) is 11.7. The molecule has 0 spiro atoms. The van der Waals surface area contributed by atoms with Crippen molar-refractivity contribution in [1.29, 1.82) is 0 Å². The van der Waals surface area contributed by atoms with Gasteiger partial charge in [-0.1, -0.05) is 13.0 Å². The lowest BCUT2D eigenvalue weighted by molar-refractivity contribution is -0.384. The van der Waals surface area contributed by atoms with Gasteiger partial charge in [0.1, 0.15) is 0 Å². The maximum absolute atomic E-state index is 10.7. The largest absolute Gasteiger partial charge is 0.419 e. The van der Waals surface area contributed by atoms with Gasteiger partial charge in [-0.15, -0.1) is 21.5 Å². The van der Waals surface area contributed by atoms with Crippen LogP contribution in [0.4, 0.5) is 5.69 Å². The molecule has 3 aromatic rings. The molecule has 2 aromatic heterocycles. The summed E-state index contributed by atoms with van der Waals surface area (Å²) in [6, 6.07) is 10.2. The lowest BCUT2D eigenvalue weighted by atomic mass is 10.2. The van der Waals surface area contributed by atoms with Crippen LogP contribution in [0.25, 0.3) is 11.5 Å². The molecular formula is C16H16N4O3S. The molecule has 1 aromatic carbocycles. The van der Waals surface area contributed by atoms with E-state index < -0.39 is 4.92 Å². The summed E-state index contributed by atoms with van der Waals surface area (Å²) >= 11 is 1.72. The van der Waals surface area contributed by atoms with Crippen LogP contribution in [0, 0.1) is 10.1 Å². The van der Waals surface area contributed by atoms with Gasteiger partial charge >= 0.3 is 0 Å². The summed E-state index contributed by atoms with van der Waals surface area (Å²) in [5, 5.41) is 20.9. The molecule has 0 radical (unpaired) electrons. The number of hydrogen-bond donors (Lipinski definition) is 0. The molecule has 0 aliphatic carbocycles. The zero-order valence-corrected chi connectivity index (χ0v) is 13.9. The summed E-state index contributed by atoms with van der Waals surface area (Å²) in [6.07, 6.45) is 0. The van der Waals surface area contributed by atoms with Crippen molar-refractivity contribution >= 4 is 17.0 Å². The first-order valence-corrected chi connectivity index (χ1v) is 8.35. The molecule has 0 saturated carbocycles. The fourth-order valence-corrected chi connectivity index (χ4v) is 3.00. The Bertz CT molecular complexity index is 799. The molecule has 0 bridgehead atoms. The highest BCUT2D eigenvalue weighted by atomic mass is 32.1. The number of rotatable bonds is 7. The van der Waals surface area contributed by atoms with Crippen molar-refractivity contribution in [2.75, 3.05) is 6.54 Å². The van der Waals surface area contributed by atoms with E-state index in [9.17, 15) is 10.1 Å². The van der Waals surface area contributed by atoms with Gasteiger partial charge in [-0.2, -0.15) is 0 Å². The number of nitro groups is 1. The van der Waals surface area contributed by atoms with Gasteiger partial charge in [0.15, 0.2) is 0 Å². The molecule has 0 aliphatic rings. The summed E-state index contributed by atoms with van der Waals surface area (Å²) in [4.78, 5) is 13.7. The summed E-state index contributed by atoms with van der Waals surface area (Å²) < 4.78 is 5.69. The van der Waals surface area contributed by atoms with Gasteiger partial charge in [0.2, 0.25) is 11.8 Å². The second-order valence-electron chi connectivity index (χ2n) is 5.19. The highest BCUT2D eigenvalue weighted by Gasteiger charge is 2.14. The van der Waals surface area contributed by atoms with E-state index in [-0.39, 0.29) is 5.69 Å². The molecule has 7 nitrogen and oxygen atoms in total. The minimum atomic E-state index is -0.438. The predicted octanol–water partition coefficient (Wildman–Crippen LogP) is 3.73. The maximum atomic E-state index is 10.7. The minimum Gasteiger partial charge on any atom is -0.419 e. The van der Waals surface area contributed by atoms with Crippen LogP contribution in [-0.2, 0) is 13.1 Å². The molecule has 0 amide bonds. The molecule has 8 heteroatoms. The molecule has 124 valence electrons. The first-order valence-electron chi connectivity index (χ1n) is 7.47. The molecule has 0 saturated heterocycles. The van der Waals surface area contributed by atoms with Crippen LogP contribution in [0.2, 0.25) is 0 Å². The van der Waals surface area contributed by atoms with Crippen LogP contribution in [0.1, 0.15) is 17.7 Å². The Balaban J connectivity index is 1.69. The van der Waals surface area contributed by atoms with Gasteiger partial charge < -0.3 is 4.42 Å². The van der Waals surface area contributed by atoms with Crippen molar-refractivity contribution in [2.24, 2.45) is 0 Å². The van der Waals surface area contributed by atoms with Gasteiger partial charge in [0.05, 0.1) is 11.5 Å². The van der Waals surface area contributed by atoms with E-state index in [1.807, 2.05) is 6.07 Å². The zero-order valence-electron chi connectivity index (χ0n) is 13.1. The molecule has 0 unspecified atom stereocenters. The lowest BCUT2D eigenvalue weighted by Gasteiger charge is -2.16. The Kier molecular flexibility index (Phi) is 4.97. The highest BCUT2D eigenvalue weighted by molar-refractivity contribution is 7.09. The average molecular weight is 344 g/mol. The van der Waals surface area contributed by atoms with Crippen LogP contribution in [0.15, 0.2) is 46.2 Å². The number of nitro benzene ring substituents is 1. The third kappa shape index (κ3) is 3.84. The van der Waals surface area contributed by atoms with Gasteiger partial charge in [-0.05, 0) is 30.1 Å². The van der Waals surface area contributed by atoms with Gasteiger partial charge in [0, 0.05) is 29.1 Å². The van der Waals surface area contributed by atoms with Crippen molar-refractivity contribution < 1.29 is 9.34 Å². The number of thiophene rings is 1. The number of aromatic nitrogens is 2. The van der Waals surface area contributed by atoms with E-state index in [4.69, 9.17) is 4.42 Å². The van der Waals surface area contributed by atoms with Gasteiger partial charge in [-0.3, -0.25) is 15.0 Å². The standard InChI is InChI=1S/C16H16N4O3S/c1-2-19(10-14-4-3-9-24-14)11-15-17-18-16(23-15)12-5-7-13(8-6-12)20(21)22/h3-9H,2,10-11H2,1H3. The van der Waals surface area contributed by atoms with Crippen molar-refractivity contribution in [3.8, 4) is 11.5 Å². The van der Waals surface area contributed by atoms with E-state index in [1.54, 1.807) is 23.5 Å². The number of non-ortho nitro benzene ring substituents is 1. The highest BCUT2D eigenvalue weighted by Crippen LogP contribution is 2.22. The predicted molar refractivity (Wildman–Crippen MR) is 90.5 cm³/mol. The van der Waals surface area contributed by atoms with Crippen molar-refractivity contribution in [2.45, 2.75) is 20.0 Å². The number of benzene rings is 1. The number of nitrogens with zero attached hydrogens (tertiary/aromatic N) is 4. The van der Waals surface area contributed by atoms with Crippen molar-refractivity contribution in [3.05, 3.63) is 62.7 Å². The SMILES string of the molecule is CCN(Cc1nnc(-c2ccc([N+](=O)[O-])cc2)o1)Cc1cccs1. The second-order valence-corrected chi connectivity index (χ2v) is 6.22. The second kappa shape index (κ2) is 7.33. The van der Waals surface area contributed by atoms with E-state index in [2.05, 4.69) is 33.5 Å². The average Bonchev–Trinajstić information content (AvgIpc) is 3.26. The maximum Gasteiger partial charge on any atom is 0.269 e. The first kappa shape index (κ1) is 16.3. The Hall–Kier alpha value is -2.58. The molecule has 2 heterocycles. The van der Waals surface area contributed by atoms with E-state index in [1.165, 1.54) is 17.0 Å². The fraction of sp³-hybridized carbons (Fsp3) is 0.250. The topological polar surface area (TPSA) is 85.3 Å². The molecule has 3 rings (SSSR count). The van der Waals surface area contributed by atoms with E-state index in [0.29, 0.717) is 23.9 Å². The van der Waals surface area contributed by atoms with Crippen LogP contribution in [0.3, 0.4) is 0 Å². The minimum absolute atomic E-state index is 0.0339. The fourth-order valence-electron chi connectivity index (χ4n) is 2.25. The van der Waals surface area contributed by atoms with Crippen molar-refractivity contribution in [1.82, 2.24) is 15.1 Å². The Labute approximate surface area is 142 Å². The molecule has 0 atom stereocenters. The van der Waals surface area contributed by atoms with Gasteiger partial charge in [0.25, 0.3) is 5.69 Å². The monoisotopic (exact) mass is 344 g/mol. The number of hydrogen-bond acceptors (Lipinski definition) is 7. The molecule has 0 aliphatic heterocycles. The summed E-state index contributed by atoms with van der Waals surface area (Å²) in [7, 11) is 0. The molecule has 0 fully saturated rings.